The minimum atomic E-state index is -3.73. The average Bonchev–Trinajstić information content (AvgIpc) is 2.72. The smallest absolute Gasteiger partial charge is 0.339 e. The zero-order valence-corrected chi connectivity index (χ0v) is 16.8. The molecule has 2 heterocycles. The van der Waals surface area contributed by atoms with Crippen LogP contribution in [-0.4, -0.2) is 57.0 Å². The number of ether oxygens (including phenoxy) is 1. The van der Waals surface area contributed by atoms with Crippen LogP contribution in [-0.2, 0) is 21.5 Å². The predicted molar refractivity (Wildman–Crippen MR) is 106 cm³/mol. The maximum absolute atomic E-state index is 13.3. The quantitative estimate of drug-likeness (QED) is 0.731. The fourth-order valence-electron chi connectivity index (χ4n) is 3.01. The Kier molecular flexibility index (Phi) is 6.28. The lowest BCUT2D eigenvalue weighted by molar-refractivity contribution is 0.0600. The second-order valence-electron chi connectivity index (χ2n) is 6.53. The van der Waals surface area contributed by atoms with Crippen LogP contribution in [0.25, 0.3) is 0 Å². The van der Waals surface area contributed by atoms with E-state index in [0.29, 0.717) is 43.1 Å². The number of nitrogens with zero attached hydrogens (tertiary/aromatic N) is 3. The van der Waals surface area contributed by atoms with Crippen molar-refractivity contribution >= 4 is 21.9 Å². The number of methoxy groups -OCH3 is 1. The molecule has 1 aliphatic rings. The van der Waals surface area contributed by atoms with E-state index < -0.39 is 16.2 Å². The Hall–Kier alpha value is -2.49. The summed E-state index contributed by atoms with van der Waals surface area (Å²) in [6, 6.07) is 10.6. The minimum absolute atomic E-state index is 0.0666. The molecule has 1 N–H and O–H groups in total. The highest BCUT2D eigenvalue weighted by molar-refractivity contribution is 7.90. The van der Waals surface area contributed by atoms with Crippen LogP contribution in [0.1, 0.15) is 21.6 Å². The Morgan fingerprint density at radius 1 is 1.25 bits per heavy atom. The van der Waals surface area contributed by atoms with Gasteiger partial charge in [0.05, 0.1) is 30.6 Å². The van der Waals surface area contributed by atoms with E-state index in [4.69, 9.17) is 0 Å². The van der Waals surface area contributed by atoms with Gasteiger partial charge in [0.2, 0.25) is 0 Å². The molecular formula is C19H24N4O4S. The lowest BCUT2D eigenvalue weighted by atomic mass is 10.2. The number of esters is 1. The van der Waals surface area contributed by atoms with Crippen LogP contribution in [0.2, 0.25) is 0 Å². The minimum Gasteiger partial charge on any atom is -0.465 e. The van der Waals surface area contributed by atoms with Crippen LogP contribution in [0, 0.1) is 6.92 Å². The topological polar surface area (TPSA) is 91.8 Å². The number of nitrogens with one attached hydrogen (secondary N) is 1. The summed E-state index contributed by atoms with van der Waals surface area (Å²) in [4.78, 5) is 15.8. The molecular weight excluding hydrogens is 380 g/mol. The second-order valence-corrected chi connectivity index (χ2v) is 8.39. The second kappa shape index (κ2) is 8.68. The molecule has 0 saturated carbocycles. The van der Waals surface area contributed by atoms with Crippen LogP contribution in [0.5, 0.6) is 0 Å². The lowest BCUT2D eigenvalue weighted by Gasteiger charge is -2.33. The maximum Gasteiger partial charge on any atom is 0.339 e. The monoisotopic (exact) mass is 404 g/mol. The number of carbonyl (C=O) groups is 1. The fraction of sp³-hybridized carbons (Fsp3) is 0.368. The molecule has 1 fully saturated rings. The van der Waals surface area contributed by atoms with E-state index in [1.54, 1.807) is 18.2 Å². The zero-order chi connectivity index (χ0) is 20.1. The highest BCUT2D eigenvalue weighted by Crippen LogP contribution is 2.24. The summed E-state index contributed by atoms with van der Waals surface area (Å²) >= 11 is 0. The van der Waals surface area contributed by atoms with Crippen LogP contribution in [0.4, 0.5) is 5.69 Å². The SMILES string of the molecule is COC(=O)c1ccc(CN(c2cccc(C)c2)S(=O)(=O)N2CCNCC2)nc1. The van der Waals surface area contributed by atoms with E-state index in [-0.39, 0.29) is 6.54 Å². The third kappa shape index (κ3) is 4.49. The van der Waals surface area contributed by atoms with E-state index in [1.807, 2.05) is 25.1 Å². The zero-order valence-electron chi connectivity index (χ0n) is 16.0. The molecule has 2 aromatic rings. The number of rotatable bonds is 6. The summed E-state index contributed by atoms with van der Waals surface area (Å²) in [5, 5.41) is 3.17. The van der Waals surface area contributed by atoms with Crippen molar-refractivity contribution in [1.82, 2.24) is 14.6 Å². The van der Waals surface area contributed by atoms with Crippen LogP contribution < -0.4 is 9.62 Å². The van der Waals surface area contributed by atoms with Crippen molar-refractivity contribution in [3.8, 4) is 0 Å². The van der Waals surface area contributed by atoms with Gasteiger partial charge in [-0.25, -0.2) is 4.79 Å². The van der Waals surface area contributed by atoms with Gasteiger partial charge in [-0.15, -0.1) is 0 Å². The van der Waals surface area contributed by atoms with Gasteiger partial charge in [0, 0.05) is 32.4 Å². The normalized spacial score (nSPS) is 15.2. The Balaban J connectivity index is 1.93. The summed E-state index contributed by atoms with van der Waals surface area (Å²) in [6.07, 6.45) is 1.40. The number of benzene rings is 1. The summed E-state index contributed by atoms with van der Waals surface area (Å²) in [5.74, 6) is -0.483. The number of aromatic nitrogens is 1. The van der Waals surface area contributed by atoms with Gasteiger partial charge in [0.25, 0.3) is 0 Å². The van der Waals surface area contributed by atoms with Gasteiger partial charge < -0.3 is 10.1 Å². The molecule has 9 heteroatoms. The molecule has 28 heavy (non-hydrogen) atoms. The van der Waals surface area contributed by atoms with Crippen LogP contribution >= 0.6 is 0 Å². The van der Waals surface area contributed by atoms with Gasteiger partial charge in [0.15, 0.2) is 0 Å². The molecule has 0 bridgehead atoms. The third-order valence-corrected chi connectivity index (χ3v) is 6.44. The van der Waals surface area contributed by atoms with E-state index >= 15 is 0 Å². The van der Waals surface area contributed by atoms with Crippen molar-refractivity contribution in [2.75, 3.05) is 37.6 Å². The van der Waals surface area contributed by atoms with E-state index in [9.17, 15) is 13.2 Å². The van der Waals surface area contributed by atoms with Crippen molar-refractivity contribution in [1.29, 1.82) is 0 Å². The number of hydrogen-bond acceptors (Lipinski definition) is 6. The number of piperazine rings is 1. The van der Waals surface area contributed by atoms with E-state index in [1.165, 1.54) is 21.9 Å². The molecule has 1 saturated heterocycles. The first kappa shape index (κ1) is 20.2. The molecule has 8 nitrogen and oxygen atoms in total. The molecule has 1 aliphatic heterocycles. The highest BCUT2D eigenvalue weighted by atomic mass is 32.2. The van der Waals surface area contributed by atoms with Crippen LogP contribution in [0.15, 0.2) is 42.6 Å². The lowest BCUT2D eigenvalue weighted by Crippen LogP contribution is -2.51. The van der Waals surface area contributed by atoms with Crippen molar-refractivity contribution in [2.24, 2.45) is 0 Å². The number of anilines is 1. The molecule has 150 valence electrons. The summed E-state index contributed by atoms with van der Waals surface area (Å²) in [6.45, 7) is 4.05. The maximum atomic E-state index is 13.3. The summed E-state index contributed by atoms with van der Waals surface area (Å²) in [7, 11) is -2.43. The Morgan fingerprint density at radius 3 is 2.61 bits per heavy atom. The molecule has 0 radical (unpaired) electrons. The standard InChI is InChI=1S/C19H24N4O4S/c1-15-4-3-5-18(12-15)23(28(25,26)22-10-8-20-9-11-22)14-17-7-6-16(13-21-17)19(24)27-2/h3-7,12-13,20H,8-11,14H2,1-2H3. The van der Waals surface area contributed by atoms with Crippen molar-refractivity contribution in [3.63, 3.8) is 0 Å². The Morgan fingerprint density at radius 2 is 2.00 bits per heavy atom. The Labute approximate surface area is 165 Å². The first-order valence-corrected chi connectivity index (χ1v) is 10.4. The van der Waals surface area contributed by atoms with Gasteiger partial charge in [-0.2, -0.15) is 12.7 Å². The average molecular weight is 404 g/mol. The van der Waals surface area contributed by atoms with Crippen LogP contribution in [0.3, 0.4) is 0 Å². The van der Waals surface area contributed by atoms with E-state index in [0.717, 1.165) is 5.56 Å². The number of hydrogen-bond donors (Lipinski definition) is 1. The molecule has 1 aromatic carbocycles. The van der Waals surface area contributed by atoms with E-state index in [2.05, 4.69) is 15.0 Å². The van der Waals surface area contributed by atoms with Crippen molar-refractivity contribution in [2.45, 2.75) is 13.5 Å². The van der Waals surface area contributed by atoms with Gasteiger partial charge in [0.1, 0.15) is 0 Å². The molecule has 0 unspecified atom stereocenters. The number of carbonyl (C=O) groups excluding carboxylic acids is 1. The highest BCUT2D eigenvalue weighted by Gasteiger charge is 2.31. The molecule has 0 atom stereocenters. The Bertz CT molecular complexity index is 925. The van der Waals surface area contributed by atoms with Gasteiger partial charge in [-0.1, -0.05) is 12.1 Å². The summed E-state index contributed by atoms with van der Waals surface area (Å²) in [5.41, 5.74) is 2.40. The first-order valence-electron chi connectivity index (χ1n) is 9.00. The van der Waals surface area contributed by atoms with Gasteiger partial charge in [-0.05, 0) is 36.8 Å². The van der Waals surface area contributed by atoms with Crippen molar-refractivity contribution in [3.05, 3.63) is 59.4 Å². The van der Waals surface area contributed by atoms with Gasteiger partial charge in [-0.3, -0.25) is 9.29 Å². The molecule has 0 spiro atoms. The number of pyridine rings is 1. The predicted octanol–water partition coefficient (Wildman–Crippen LogP) is 1.33. The summed E-state index contributed by atoms with van der Waals surface area (Å²) < 4.78 is 34.2. The first-order chi connectivity index (χ1) is 13.4. The molecule has 0 aliphatic carbocycles. The largest absolute Gasteiger partial charge is 0.465 e. The molecule has 3 rings (SSSR count). The van der Waals surface area contributed by atoms with Crippen molar-refractivity contribution < 1.29 is 17.9 Å². The number of aryl methyl sites for hydroxylation is 1. The fourth-order valence-corrected chi connectivity index (χ4v) is 4.61. The molecule has 1 aromatic heterocycles. The molecule has 0 amide bonds. The van der Waals surface area contributed by atoms with Gasteiger partial charge >= 0.3 is 16.2 Å². The third-order valence-electron chi connectivity index (χ3n) is 4.52.